The molecule has 0 bridgehead atoms. The van der Waals surface area contributed by atoms with Gasteiger partial charge in [0.1, 0.15) is 16.7 Å². The van der Waals surface area contributed by atoms with Gasteiger partial charge in [0, 0.05) is 6.08 Å². The highest BCUT2D eigenvalue weighted by atomic mass is 35.5. The number of halogens is 5. The van der Waals surface area contributed by atoms with E-state index in [0.717, 1.165) is 6.08 Å². The Morgan fingerprint density at radius 3 is 1.89 bits per heavy atom. The lowest BCUT2D eigenvalue weighted by Gasteiger charge is -2.12. The van der Waals surface area contributed by atoms with E-state index in [-0.39, 0.29) is 37.5 Å². The van der Waals surface area contributed by atoms with Crippen LogP contribution in [0.4, 0.5) is 0 Å². The van der Waals surface area contributed by atoms with E-state index in [4.69, 9.17) is 67.8 Å². The molecule has 0 fully saturated rings. The molecular formula is C10H5Cl5O3. The number of hydrogen-bond acceptors (Lipinski definition) is 2. The molecule has 0 saturated heterocycles. The average molecular weight is 350 g/mol. The van der Waals surface area contributed by atoms with Crippen molar-refractivity contribution in [2.24, 2.45) is 0 Å². The lowest BCUT2D eigenvalue weighted by molar-refractivity contribution is -0.131. The second-order valence-corrected chi connectivity index (χ2v) is 4.84. The monoisotopic (exact) mass is 348 g/mol. The van der Waals surface area contributed by atoms with Gasteiger partial charge in [0.25, 0.3) is 0 Å². The smallest absolute Gasteiger partial charge is 0.328 e. The third-order valence-corrected chi connectivity index (χ3v) is 4.00. The van der Waals surface area contributed by atoms with Crippen molar-refractivity contribution in [3.63, 3.8) is 0 Å². The van der Waals surface area contributed by atoms with Gasteiger partial charge >= 0.3 is 5.97 Å². The highest BCUT2D eigenvalue weighted by molar-refractivity contribution is 6.55. The summed E-state index contributed by atoms with van der Waals surface area (Å²) in [5.74, 6) is -1.05. The molecule has 0 unspecified atom stereocenters. The number of ether oxygens (including phenoxy) is 1. The Bertz CT molecular complexity index is 484. The first-order valence-corrected chi connectivity index (χ1v) is 6.29. The molecule has 0 saturated carbocycles. The third-order valence-electron chi connectivity index (χ3n) is 1.75. The van der Waals surface area contributed by atoms with E-state index in [1.807, 2.05) is 0 Å². The first-order valence-electron chi connectivity index (χ1n) is 4.40. The largest absolute Gasteiger partial charge is 0.486 e. The lowest BCUT2D eigenvalue weighted by Crippen LogP contribution is -1.98. The van der Waals surface area contributed by atoms with Gasteiger partial charge in [-0.25, -0.2) is 4.79 Å². The zero-order chi connectivity index (χ0) is 13.9. The molecule has 8 heteroatoms. The van der Waals surface area contributed by atoms with Gasteiger partial charge in [-0.2, -0.15) is 0 Å². The average Bonchev–Trinajstić information content (AvgIpc) is 2.32. The maximum absolute atomic E-state index is 10.2. The normalized spacial score (nSPS) is 10.9. The van der Waals surface area contributed by atoms with Crippen LogP contribution in [-0.2, 0) is 4.79 Å². The zero-order valence-corrected chi connectivity index (χ0v) is 12.3. The van der Waals surface area contributed by atoms with Crippen LogP contribution in [0.2, 0.25) is 25.1 Å². The Balaban J connectivity index is 3.00. The Morgan fingerprint density at radius 1 is 1.00 bits per heavy atom. The Morgan fingerprint density at radius 2 is 1.44 bits per heavy atom. The first-order chi connectivity index (χ1) is 8.36. The van der Waals surface area contributed by atoms with Crippen molar-refractivity contribution in [1.29, 1.82) is 0 Å². The van der Waals surface area contributed by atoms with Crippen LogP contribution in [-0.4, -0.2) is 17.7 Å². The quantitative estimate of drug-likeness (QED) is 0.474. The lowest BCUT2D eigenvalue weighted by atomic mass is 10.3. The summed E-state index contributed by atoms with van der Waals surface area (Å²) in [6, 6.07) is 0. The first kappa shape index (κ1) is 15.7. The number of rotatable bonds is 4. The van der Waals surface area contributed by atoms with Crippen LogP contribution in [0, 0.1) is 0 Å². The van der Waals surface area contributed by atoms with Gasteiger partial charge in [-0.3, -0.25) is 0 Å². The Labute approximate surface area is 128 Å². The molecule has 1 aromatic rings. The fourth-order valence-electron chi connectivity index (χ4n) is 0.992. The van der Waals surface area contributed by atoms with Crippen molar-refractivity contribution >= 4 is 64.0 Å². The van der Waals surface area contributed by atoms with Crippen molar-refractivity contribution in [2.75, 3.05) is 6.61 Å². The molecule has 1 N–H and O–H groups in total. The van der Waals surface area contributed by atoms with Gasteiger partial charge in [-0.1, -0.05) is 58.0 Å². The van der Waals surface area contributed by atoms with Gasteiger partial charge in [-0.05, 0) is 6.08 Å². The van der Waals surface area contributed by atoms with Gasteiger partial charge < -0.3 is 9.84 Å². The molecule has 0 radical (unpaired) electrons. The molecule has 1 aromatic carbocycles. The topological polar surface area (TPSA) is 46.5 Å². The van der Waals surface area contributed by atoms with E-state index in [9.17, 15) is 4.79 Å². The fourth-order valence-corrected chi connectivity index (χ4v) is 2.22. The summed E-state index contributed by atoms with van der Waals surface area (Å²) < 4.78 is 5.19. The minimum Gasteiger partial charge on any atom is -0.486 e. The molecular weight excluding hydrogens is 345 g/mol. The fraction of sp³-hybridized carbons (Fsp3) is 0.100. The molecule has 98 valence electrons. The number of carboxylic acids is 1. The Kier molecular flexibility index (Phi) is 5.89. The zero-order valence-electron chi connectivity index (χ0n) is 8.52. The molecule has 0 spiro atoms. The predicted octanol–water partition coefficient (Wildman–Crippen LogP) is 4.97. The van der Waals surface area contributed by atoms with E-state index < -0.39 is 5.97 Å². The minimum atomic E-state index is -1.09. The SMILES string of the molecule is O=C(O)/C=C/COc1c(Cl)c(Cl)c(Cl)c(Cl)c1Cl. The van der Waals surface area contributed by atoms with Gasteiger partial charge in [0.15, 0.2) is 5.75 Å². The van der Waals surface area contributed by atoms with Crippen LogP contribution in [0.25, 0.3) is 0 Å². The standard InChI is InChI=1S/C10H5Cl5O3/c11-5-6(12)8(14)10(9(15)7(5)13)18-3-1-2-4(16)17/h1-2H,3H2,(H,16,17)/b2-1+. The summed E-state index contributed by atoms with van der Waals surface area (Å²) in [6.07, 6.45) is 2.19. The molecule has 1 rings (SSSR count). The van der Waals surface area contributed by atoms with Crippen LogP contribution in [0.15, 0.2) is 12.2 Å². The molecule has 3 nitrogen and oxygen atoms in total. The van der Waals surface area contributed by atoms with Crippen LogP contribution >= 0.6 is 58.0 Å². The molecule has 0 aromatic heterocycles. The van der Waals surface area contributed by atoms with Crippen molar-refractivity contribution in [3.8, 4) is 5.75 Å². The molecule has 0 aliphatic heterocycles. The number of benzene rings is 1. The van der Waals surface area contributed by atoms with E-state index in [0.29, 0.717) is 0 Å². The van der Waals surface area contributed by atoms with Crippen molar-refractivity contribution in [3.05, 3.63) is 37.3 Å². The summed E-state index contributed by atoms with van der Waals surface area (Å²) in [5.41, 5.74) is 0. The van der Waals surface area contributed by atoms with Crippen molar-refractivity contribution in [2.45, 2.75) is 0 Å². The summed E-state index contributed by atoms with van der Waals surface area (Å²) in [6.45, 7) is -0.0555. The predicted molar refractivity (Wildman–Crippen MR) is 73.8 cm³/mol. The highest BCUT2D eigenvalue weighted by Crippen LogP contribution is 2.48. The van der Waals surface area contributed by atoms with Crippen LogP contribution in [0.1, 0.15) is 0 Å². The molecule has 0 amide bonds. The van der Waals surface area contributed by atoms with Crippen molar-refractivity contribution < 1.29 is 14.6 Å². The number of carboxylic acid groups (broad SMARTS) is 1. The van der Waals surface area contributed by atoms with Gasteiger partial charge in [0.05, 0.1) is 15.1 Å². The number of hydrogen-bond donors (Lipinski definition) is 1. The molecule has 0 heterocycles. The van der Waals surface area contributed by atoms with Crippen LogP contribution in [0.5, 0.6) is 5.75 Å². The maximum atomic E-state index is 10.2. The molecule has 0 aliphatic rings. The second kappa shape index (κ2) is 6.73. The van der Waals surface area contributed by atoms with E-state index in [1.165, 1.54) is 6.08 Å². The minimum absolute atomic E-state index is 0.0137. The second-order valence-electron chi connectivity index (χ2n) is 2.95. The summed E-state index contributed by atoms with van der Waals surface area (Å²) in [5, 5.41) is 8.48. The van der Waals surface area contributed by atoms with Gasteiger partial charge in [0.2, 0.25) is 0 Å². The maximum Gasteiger partial charge on any atom is 0.328 e. The highest BCUT2D eigenvalue weighted by Gasteiger charge is 2.20. The van der Waals surface area contributed by atoms with Gasteiger partial charge in [-0.15, -0.1) is 0 Å². The third kappa shape index (κ3) is 3.59. The molecule has 0 aliphatic carbocycles. The molecule has 18 heavy (non-hydrogen) atoms. The van der Waals surface area contributed by atoms with Crippen LogP contribution in [0.3, 0.4) is 0 Å². The summed E-state index contributed by atoms with van der Waals surface area (Å²) in [4.78, 5) is 10.2. The van der Waals surface area contributed by atoms with Crippen molar-refractivity contribution in [1.82, 2.24) is 0 Å². The van der Waals surface area contributed by atoms with E-state index in [2.05, 4.69) is 0 Å². The van der Waals surface area contributed by atoms with E-state index in [1.54, 1.807) is 0 Å². The van der Waals surface area contributed by atoms with E-state index >= 15 is 0 Å². The van der Waals surface area contributed by atoms with Crippen LogP contribution < -0.4 is 4.74 Å². The summed E-state index contributed by atoms with van der Waals surface area (Å²) in [7, 11) is 0. The molecule has 0 atom stereocenters. The number of aliphatic carboxylic acids is 1. The Hall–Kier alpha value is -0.320. The number of carbonyl (C=O) groups is 1. The summed E-state index contributed by atoms with van der Waals surface area (Å²) >= 11 is 29.2.